The third kappa shape index (κ3) is 3.84. The van der Waals surface area contributed by atoms with Gasteiger partial charge in [0.2, 0.25) is 0 Å². The van der Waals surface area contributed by atoms with Crippen molar-refractivity contribution >= 4 is 38.8 Å². The molecule has 0 spiro atoms. The molecule has 2 heterocycles. The number of amides is 1. The van der Waals surface area contributed by atoms with Crippen LogP contribution in [0.5, 0.6) is 0 Å². The zero-order valence-electron chi connectivity index (χ0n) is 12.2. The zero-order chi connectivity index (χ0) is 16.1. The molecule has 1 aromatic carbocycles. The van der Waals surface area contributed by atoms with E-state index in [-0.39, 0.29) is 5.91 Å². The molecule has 0 bridgehead atoms. The molecule has 0 aliphatic carbocycles. The number of anilines is 1. The second-order valence-corrected chi connectivity index (χ2v) is 5.78. The molecule has 8 heteroatoms. The molecular weight excluding hydrogens is 360 g/mol. The average molecular weight is 375 g/mol. The lowest BCUT2D eigenvalue weighted by Gasteiger charge is -2.07. The molecule has 3 aromatic rings. The number of nitrogens with one attached hydrogen (secondary N) is 3. The molecule has 2 aromatic heterocycles. The predicted molar refractivity (Wildman–Crippen MR) is 91.3 cm³/mol. The van der Waals surface area contributed by atoms with Crippen molar-refractivity contribution in [2.24, 2.45) is 0 Å². The fourth-order valence-electron chi connectivity index (χ4n) is 2.10. The summed E-state index contributed by atoms with van der Waals surface area (Å²) >= 11 is 3.35. The standard InChI is InChI=1S/C15H15BrN6O/c16-11-4-2-10(3-5-11)15(23)18-7-1-6-17-13-12-14(20-8-19-12)22-9-21-13/h2-5,8-9H,1,6-7H2,(H,18,23)(H2,17,19,20,21,22). The minimum Gasteiger partial charge on any atom is -0.368 e. The number of hydrogen-bond donors (Lipinski definition) is 3. The Hall–Kier alpha value is -2.48. The van der Waals surface area contributed by atoms with Crippen LogP contribution >= 0.6 is 15.9 Å². The number of aromatic amines is 1. The largest absolute Gasteiger partial charge is 0.368 e. The van der Waals surface area contributed by atoms with Gasteiger partial charge in [0, 0.05) is 23.1 Å². The number of halogens is 1. The first kappa shape index (κ1) is 15.4. The highest BCUT2D eigenvalue weighted by molar-refractivity contribution is 9.10. The molecule has 0 fully saturated rings. The minimum absolute atomic E-state index is 0.0736. The molecule has 0 aliphatic heterocycles. The van der Waals surface area contributed by atoms with Crippen LogP contribution in [0.4, 0.5) is 5.82 Å². The van der Waals surface area contributed by atoms with Crippen LogP contribution in [0.3, 0.4) is 0 Å². The molecule has 0 unspecified atom stereocenters. The first-order valence-corrected chi connectivity index (χ1v) is 7.95. The van der Waals surface area contributed by atoms with Gasteiger partial charge < -0.3 is 15.6 Å². The minimum atomic E-state index is -0.0736. The lowest BCUT2D eigenvalue weighted by atomic mass is 10.2. The van der Waals surface area contributed by atoms with E-state index in [4.69, 9.17) is 0 Å². The van der Waals surface area contributed by atoms with Gasteiger partial charge in [0.05, 0.1) is 6.33 Å². The Morgan fingerprint density at radius 3 is 2.78 bits per heavy atom. The lowest BCUT2D eigenvalue weighted by Crippen LogP contribution is -2.25. The topological polar surface area (TPSA) is 95.6 Å². The highest BCUT2D eigenvalue weighted by atomic mass is 79.9. The van der Waals surface area contributed by atoms with Crippen molar-refractivity contribution in [3.63, 3.8) is 0 Å². The van der Waals surface area contributed by atoms with Gasteiger partial charge in [-0.2, -0.15) is 0 Å². The van der Waals surface area contributed by atoms with Crippen LogP contribution in [-0.4, -0.2) is 38.9 Å². The number of H-pyrrole nitrogens is 1. The van der Waals surface area contributed by atoms with Gasteiger partial charge in [-0.05, 0) is 30.7 Å². The van der Waals surface area contributed by atoms with Crippen molar-refractivity contribution in [1.82, 2.24) is 25.3 Å². The van der Waals surface area contributed by atoms with Crippen molar-refractivity contribution in [1.29, 1.82) is 0 Å². The predicted octanol–water partition coefficient (Wildman–Crippen LogP) is 2.35. The molecule has 0 saturated carbocycles. The summed E-state index contributed by atoms with van der Waals surface area (Å²) in [6.07, 6.45) is 3.84. The second kappa shape index (κ2) is 7.19. The number of imidazole rings is 1. The molecular formula is C15H15BrN6O. The SMILES string of the molecule is O=C(NCCCNc1ncnc2nc[nH]c12)c1ccc(Br)cc1. The molecule has 7 nitrogen and oxygen atoms in total. The van der Waals surface area contributed by atoms with Crippen molar-refractivity contribution in [3.8, 4) is 0 Å². The van der Waals surface area contributed by atoms with Gasteiger partial charge in [0.15, 0.2) is 11.5 Å². The maximum Gasteiger partial charge on any atom is 0.251 e. The fraction of sp³-hybridized carbons (Fsp3) is 0.200. The van der Waals surface area contributed by atoms with Crippen LogP contribution in [0.15, 0.2) is 41.4 Å². The number of aromatic nitrogens is 4. The van der Waals surface area contributed by atoms with Crippen molar-refractivity contribution < 1.29 is 4.79 Å². The van der Waals surface area contributed by atoms with Crippen molar-refractivity contribution in [2.45, 2.75) is 6.42 Å². The third-order valence-corrected chi connectivity index (χ3v) is 3.79. The van der Waals surface area contributed by atoms with Gasteiger partial charge in [-0.15, -0.1) is 0 Å². The van der Waals surface area contributed by atoms with E-state index in [1.54, 1.807) is 18.5 Å². The highest BCUT2D eigenvalue weighted by Gasteiger charge is 2.06. The number of rotatable bonds is 6. The van der Waals surface area contributed by atoms with Gasteiger partial charge in [-0.1, -0.05) is 15.9 Å². The van der Waals surface area contributed by atoms with Crippen LogP contribution in [-0.2, 0) is 0 Å². The van der Waals surface area contributed by atoms with E-state index < -0.39 is 0 Å². The molecule has 0 aliphatic rings. The highest BCUT2D eigenvalue weighted by Crippen LogP contribution is 2.14. The molecule has 3 rings (SSSR count). The van der Waals surface area contributed by atoms with E-state index in [0.717, 1.165) is 16.4 Å². The van der Waals surface area contributed by atoms with Gasteiger partial charge in [0.1, 0.15) is 11.8 Å². The molecule has 0 atom stereocenters. The van der Waals surface area contributed by atoms with Gasteiger partial charge in [0.25, 0.3) is 5.91 Å². The molecule has 23 heavy (non-hydrogen) atoms. The number of hydrogen-bond acceptors (Lipinski definition) is 5. The molecule has 3 N–H and O–H groups in total. The molecule has 0 saturated heterocycles. The van der Waals surface area contributed by atoms with E-state index in [1.165, 1.54) is 6.33 Å². The summed E-state index contributed by atoms with van der Waals surface area (Å²) in [5, 5.41) is 6.10. The van der Waals surface area contributed by atoms with Gasteiger partial charge in [-0.25, -0.2) is 15.0 Å². The average Bonchev–Trinajstić information content (AvgIpc) is 3.04. The van der Waals surface area contributed by atoms with Gasteiger partial charge >= 0.3 is 0 Å². The Kier molecular flexibility index (Phi) is 4.82. The second-order valence-electron chi connectivity index (χ2n) is 4.87. The maximum absolute atomic E-state index is 11.9. The summed E-state index contributed by atoms with van der Waals surface area (Å²) < 4.78 is 0.952. The van der Waals surface area contributed by atoms with Crippen molar-refractivity contribution in [3.05, 3.63) is 47.0 Å². The van der Waals surface area contributed by atoms with E-state index in [1.807, 2.05) is 12.1 Å². The summed E-state index contributed by atoms with van der Waals surface area (Å²) in [5.41, 5.74) is 2.06. The van der Waals surface area contributed by atoms with Crippen LogP contribution < -0.4 is 10.6 Å². The summed E-state index contributed by atoms with van der Waals surface area (Å²) in [6, 6.07) is 7.27. The Balaban J connectivity index is 1.44. The number of carbonyl (C=O) groups is 1. The lowest BCUT2D eigenvalue weighted by molar-refractivity contribution is 0.0953. The number of nitrogens with zero attached hydrogens (tertiary/aromatic N) is 3. The normalized spacial score (nSPS) is 10.7. The monoisotopic (exact) mass is 374 g/mol. The number of benzene rings is 1. The smallest absolute Gasteiger partial charge is 0.251 e. The maximum atomic E-state index is 11.9. The first-order chi connectivity index (χ1) is 11.2. The van der Waals surface area contributed by atoms with Crippen LogP contribution in [0.25, 0.3) is 11.2 Å². The van der Waals surface area contributed by atoms with E-state index >= 15 is 0 Å². The quantitative estimate of drug-likeness (QED) is 0.575. The Labute approximate surface area is 141 Å². The summed E-state index contributed by atoms with van der Waals surface area (Å²) in [5.74, 6) is 0.641. The summed E-state index contributed by atoms with van der Waals surface area (Å²) in [7, 11) is 0. The Morgan fingerprint density at radius 1 is 1.13 bits per heavy atom. The van der Waals surface area contributed by atoms with Crippen LogP contribution in [0.1, 0.15) is 16.8 Å². The summed E-state index contributed by atoms with van der Waals surface area (Å²) in [4.78, 5) is 27.3. The van der Waals surface area contributed by atoms with E-state index in [0.29, 0.717) is 30.1 Å². The molecule has 0 radical (unpaired) electrons. The summed E-state index contributed by atoms with van der Waals surface area (Å²) in [6.45, 7) is 1.27. The first-order valence-electron chi connectivity index (χ1n) is 7.16. The Morgan fingerprint density at radius 2 is 1.96 bits per heavy atom. The van der Waals surface area contributed by atoms with E-state index in [2.05, 4.69) is 46.5 Å². The zero-order valence-corrected chi connectivity index (χ0v) is 13.8. The molecule has 118 valence electrons. The van der Waals surface area contributed by atoms with Crippen LogP contribution in [0, 0.1) is 0 Å². The van der Waals surface area contributed by atoms with E-state index in [9.17, 15) is 4.79 Å². The molecule has 1 amide bonds. The number of fused-ring (bicyclic) bond motifs is 1. The van der Waals surface area contributed by atoms with Crippen LogP contribution in [0.2, 0.25) is 0 Å². The third-order valence-electron chi connectivity index (χ3n) is 3.26. The fourth-order valence-corrected chi connectivity index (χ4v) is 2.36. The van der Waals surface area contributed by atoms with Crippen molar-refractivity contribution in [2.75, 3.05) is 18.4 Å². The van der Waals surface area contributed by atoms with Gasteiger partial charge in [-0.3, -0.25) is 4.79 Å². The number of carbonyl (C=O) groups excluding carboxylic acids is 1. The Bertz CT molecular complexity index is 801.